The van der Waals surface area contributed by atoms with E-state index in [2.05, 4.69) is 19.5 Å². The monoisotopic (exact) mass is 294 g/mol. The fraction of sp³-hybridized carbons (Fsp3) is 0.364. The smallest absolute Gasteiger partial charge is 0.382 e. The van der Waals surface area contributed by atoms with Gasteiger partial charge in [-0.05, 0) is 18.9 Å². The topological polar surface area (TPSA) is 116 Å². The zero-order valence-corrected chi connectivity index (χ0v) is 11.4. The first-order valence-electron chi connectivity index (χ1n) is 6.02. The van der Waals surface area contributed by atoms with Crippen LogP contribution in [0.4, 0.5) is 5.82 Å². The molecular weight excluding hydrogens is 281 g/mol. The average Bonchev–Trinajstić information content (AvgIpc) is 3.03. The molecule has 3 rings (SSSR count). The van der Waals surface area contributed by atoms with E-state index in [1.807, 2.05) is 10.6 Å². The Morgan fingerprint density at radius 1 is 1.50 bits per heavy atom. The van der Waals surface area contributed by atoms with Gasteiger partial charge in [0.15, 0.2) is 17.7 Å². The summed E-state index contributed by atoms with van der Waals surface area (Å²) < 4.78 is 16.9. The Labute approximate surface area is 115 Å². The number of hydrogen-bond acceptors (Lipinski definition) is 6. The first-order chi connectivity index (χ1) is 9.60. The van der Waals surface area contributed by atoms with Crippen molar-refractivity contribution in [1.82, 2.24) is 19.5 Å². The zero-order chi connectivity index (χ0) is 14.2. The lowest BCUT2D eigenvalue weighted by molar-refractivity contribution is 0.373. The van der Waals surface area contributed by atoms with Gasteiger partial charge in [0.1, 0.15) is 11.8 Å². The maximum atomic E-state index is 10.5. The summed E-state index contributed by atoms with van der Waals surface area (Å²) in [6.45, 7) is 0.669. The van der Waals surface area contributed by atoms with Crippen LogP contribution in [0, 0.1) is 5.41 Å². The second-order valence-electron chi connectivity index (χ2n) is 4.81. The number of fused-ring (bicyclic) bond motifs is 1. The Morgan fingerprint density at radius 2 is 2.30 bits per heavy atom. The molecule has 2 aromatic rings. The molecule has 1 fully saturated rings. The third-order valence-electron chi connectivity index (χ3n) is 3.38. The van der Waals surface area contributed by atoms with Gasteiger partial charge in [0.2, 0.25) is 0 Å². The summed E-state index contributed by atoms with van der Waals surface area (Å²) >= 11 is 0. The highest BCUT2D eigenvalue weighted by atomic mass is 31.1. The van der Waals surface area contributed by atoms with Gasteiger partial charge in [-0.25, -0.2) is 19.5 Å². The summed E-state index contributed by atoms with van der Waals surface area (Å²) in [5, 5.41) is 0. The fourth-order valence-corrected chi connectivity index (χ4v) is 2.28. The number of allylic oxidation sites excluding steroid dienone is 1. The third kappa shape index (κ3) is 2.48. The van der Waals surface area contributed by atoms with Crippen molar-refractivity contribution < 1.29 is 14.0 Å². The highest BCUT2D eigenvalue weighted by Gasteiger charge is 2.41. The second kappa shape index (κ2) is 4.81. The molecule has 0 aromatic carbocycles. The van der Waals surface area contributed by atoms with Crippen LogP contribution < -0.4 is 5.73 Å². The van der Waals surface area contributed by atoms with E-state index in [9.17, 15) is 4.57 Å². The number of aromatic nitrogens is 4. The van der Waals surface area contributed by atoms with Crippen LogP contribution in [-0.4, -0.2) is 24.4 Å². The molecule has 0 aliphatic heterocycles. The van der Waals surface area contributed by atoms with Crippen LogP contribution >= 0.6 is 8.25 Å². The molecule has 0 radical (unpaired) electrons. The van der Waals surface area contributed by atoms with E-state index in [0.717, 1.165) is 12.8 Å². The van der Waals surface area contributed by atoms with E-state index in [0.29, 0.717) is 23.5 Å². The van der Waals surface area contributed by atoms with Crippen molar-refractivity contribution in [1.29, 1.82) is 0 Å². The number of rotatable bonds is 5. The van der Waals surface area contributed by atoms with E-state index in [1.54, 1.807) is 6.33 Å². The van der Waals surface area contributed by atoms with E-state index < -0.39 is 8.25 Å². The van der Waals surface area contributed by atoms with Crippen LogP contribution in [0.25, 0.3) is 11.2 Å². The zero-order valence-electron chi connectivity index (χ0n) is 10.5. The van der Waals surface area contributed by atoms with Gasteiger partial charge in [0.25, 0.3) is 0 Å². The Bertz CT molecular complexity index is 694. The number of hydrogen-bond donors (Lipinski definition) is 2. The van der Waals surface area contributed by atoms with Crippen molar-refractivity contribution in [3.8, 4) is 0 Å². The summed E-state index contributed by atoms with van der Waals surface area (Å²) in [6.07, 6.45) is 8.15. The molecule has 8 nitrogen and oxygen atoms in total. The molecule has 104 valence electrons. The predicted octanol–water partition coefficient (Wildman–Crippen LogP) is 1.37. The molecule has 3 N–H and O–H groups in total. The SMILES string of the molecule is Nc1ncnc2c1ncn2CC1(C=CO[P+](=O)O)CC1. The standard InChI is InChI=1S/C11H12N5O3P/c12-9-8-10(14-6-13-9)16(7-15-8)5-11(1-2-11)3-4-19-20(17)18/h3-4,6-7H,1-2,5H2,(H2-,12,13,14,17,18)/p+1. The minimum Gasteiger partial charge on any atom is -0.382 e. The molecule has 0 spiro atoms. The molecule has 1 aliphatic carbocycles. The third-order valence-corrected chi connectivity index (χ3v) is 3.68. The minimum absolute atomic E-state index is 0.0707. The van der Waals surface area contributed by atoms with Crippen molar-refractivity contribution in [2.45, 2.75) is 19.4 Å². The van der Waals surface area contributed by atoms with Gasteiger partial charge in [-0.1, -0.05) is 0 Å². The summed E-state index contributed by atoms with van der Waals surface area (Å²) in [6, 6.07) is 0. The molecule has 1 saturated carbocycles. The van der Waals surface area contributed by atoms with Gasteiger partial charge < -0.3 is 10.3 Å². The maximum absolute atomic E-state index is 10.5. The van der Waals surface area contributed by atoms with Gasteiger partial charge in [0, 0.05) is 16.5 Å². The van der Waals surface area contributed by atoms with Crippen molar-refractivity contribution in [3.63, 3.8) is 0 Å². The van der Waals surface area contributed by atoms with Crippen LogP contribution in [-0.2, 0) is 15.6 Å². The molecule has 20 heavy (non-hydrogen) atoms. The molecule has 2 heterocycles. The average molecular weight is 294 g/mol. The van der Waals surface area contributed by atoms with Gasteiger partial charge in [-0.3, -0.25) is 0 Å². The van der Waals surface area contributed by atoms with Crippen LogP contribution in [0.2, 0.25) is 0 Å². The number of nitrogens with two attached hydrogens (primary N) is 1. The molecule has 1 aliphatic rings. The second-order valence-corrected chi connectivity index (χ2v) is 5.50. The highest BCUT2D eigenvalue weighted by molar-refractivity contribution is 7.32. The molecule has 0 saturated heterocycles. The number of anilines is 1. The van der Waals surface area contributed by atoms with Crippen LogP contribution in [0.1, 0.15) is 12.8 Å². The van der Waals surface area contributed by atoms with Crippen molar-refractivity contribution in [3.05, 3.63) is 25.0 Å². The Kier molecular flexibility index (Phi) is 3.11. The van der Waals surface area contributed by atoms with E-state index in [4.69, 9.17) is 10.6 Å². The molecule has 0 bridgehead atoms. The first-order valence-corrected chi connectivity index (χ1v) is 7.15. The van der Waals surface area contributed by atoms with Gasteiger partial charge in [-0.2, -0.15) is 0 Å². The normalized spacial score (nSPS) is 17.6. The Balaban J connectivity index is 1.81. The number of nitrogens with zero attached hydrogens (tertiary/aromatic N) is 4. The quantitative estimate of drug-likeness (QED) is 0.631. The largest absolute Gasteiger partial charge is 0.746 e. The maximum Gasteiger partial charge on any atom is 0.746 e. The van der Waals surface area contributed by atoms with Crippen molar-refractivity contribution in [2.24, 2.45) is 5.41 Å². The lowest BCUT2D eigenvalue weighted by Gasteiger charge is -2.10. The highest BCUT2D eigenvalue weighted by Crippen LogP contribution is 2.49. The Morgan fingerprint density at radius 3 is 3.00 bits per heavy atom. The molecular formula is C11H13N5O3P+. The Hall–Kier alpha value is -2.05. The van der Waals surface area contributed by atoms with E-state index in [-0.39, 0.29) is 5.41 Å². The van der Waals surface area contributed by atoms with E-state index in [1.165, 1.54) is 12.6 Å². The van der Waals surface area contributed by atoms with Gasteiger partial charge in [-0.15, -0.1) is 4.89 Å². The number of nitrogen functional groups attached to an aromatic ring is 1. The molecule has 1 atom stereocenters. The minimum atomic E-state index is -2.60. The van der Waals surface area contributed by atoms with Gasteiger partial charge >= 0.3 is 8.25 Å². The fourth-order valence-electron chi connectivity index (χ4n) is 2.12. The predicted molar refractivity (Wildman–Crippen MR) is 71.5 cm³/mol. The van der Waals surface area contributed by atoms with E-state index >= 15 is 0 Å². The molecule has 2 aromatic heterocycles. The van der Waals surface area contributed by atoms with Crippen LogP contribution in [0.15, 0.2) is 25.0 Å². The molecule has 9 heteroatoms. The summed E-state index contributed by atoms with van der Waals surface area (Å²) in [5.74, 6) is 0.356. The van der Waals surface area contributed by atoms with Crippen LogP contribution in [0.5, 0.6) is 0 Å². The first kappa shape index (κ1) is 13.0. The van der Waals surface area contributed by atoms with Crippen LogP contribution in [0.3, 0.4) is 0 Å². The summed E-state index contributed by atoms with van der Waals surface area (Å²) in [7, 11) is -2.60. The lowest BCUT2D eigenvalue weighted by Crippen LogP contribution is -2.09. The summed E-state index contributed by atoms with van der Waals surface area (Å²) in [5.41, 5.74) is 6.94. The van der Waals surface area contributed by atoms with Crippen molar-refractivity contribution in [2.75, 3.05) is 5.73 Å². The lowest BCUT2D eigenvalue weighted by atomic mass is 10.1. The van der Waals surface area contributed by atoms with Gasteiger partial charge in [0.05, 0.1) is 6.33 Å². The molecule has 0 amide bonds. The number of imidazole rings is 1. The molecule has 1 unspecified atom stereocenters. The van der Waals surface area contributed by atoms with Crippen molar-refractivity contribution >= 4 is 25.2 Å². The summed E-state index contributed by atoms with van der Waals surface area (Å²) in [4.78, 5) is 20.9.